The van der Waals surface area contributed by atoms with Crippen LogP contribution in [0.15, 0.2) is 42.5 Å². The Bertz CT molecular complexity index is 1140. The van der Waals surface area contributed by atoms with Gasteiger partial charge < -0.3 is 15.4 Å². The van der Waals surface area contributed by atoms with Gasteiger partial charge in [-0.25, -0.2) is 12.7 Å². The Kier molecular flexibility index (Phi) is 9.32. The SMILES string of the molecule is COCCNC(=O)c1ccccc1NC(=O)[C@H]1CCCN(S(=O)(=O)Cc2ccc(Cl)c(Cl)c2)C1. The number of para-hydroxylation sites is 1. The molecule has 34 heavy (non-hydrogen) atoms. The van der Waals surface area contributed by atoms with Gasteiger partial charge in [0.05, 0.1) is 39.6 Å². The highest BCUT2D eigenvalue weighted by atomic mass is 35.5. The maximum atomic E-state index is 13.0. The summed E-state index contributed by atoms with van der Waals surface area (Å²) in [5, 5.41) is 6.17. The zero-order valence-corrected chi connectivity index (χ0v) is 21.0. The van der Waals surface area contributed by atoms with Gasteiger partial charge in [0.25, 0.3) is 5.91 Å². The lowest BCUT2D eigenvalue weighted by Crippen LogP contribution is -2.44. The molecule has 0 spiro atoms. The molecule has 2 amide bonds. The van der Waals surface area contributed by atoms with Crippen LogP contribution in [0.5, 0.6) is 0 Å². The Morgan fingerprint density at radius 3 is 2.65 bits per heavy atom. The molecule has 1 saturated heterocycles. The summed E-state index contributed by atoms with van der Waals surface area (Å²) in [6, 6.07) is 11.4. The van der Waals surface area contributed by atoms with Crippen molar-refractivity contribution in [2.45, 2.75) is 18.6 Å². The number of carbonyl (C=O) groups excluding carboxylic acids is 2. The number of sulfonamides is 1. The largest absolute Gasteiger partial charge is 0.383 e. The Morgan fingerprint density at radius 2 is 1.91 bits per heavy atom. The van der Waals surface area contributed by atoms with Gasteiger partial charge in [-0.05, 0) is 42.7 Å². The fourth-order valence-corrected chi connectivity index (χ4v) is 5.65. The van der Waals surface area contributed by atoms with Gasteiger partial charge in [-0.15, -0.1) is 0 Å². The number of ether oxygens (including phenoxy) is 1. The van der Waals surface area contributed by atoms with Gasteiger partial charge in [0, 0.05) is 26.7 Å². The summed E-state index contributed by atoms with van der Waals surface area (Å²) in [7, 11) is -2.12. The minimum atomic E-state index is -3.66. The fourth-order valence-electron chi connectivity index (χ4n) is 3.73. The van der Waals surface area contributed by atoms with Gasteiger partial charge in [0.1, 0.15) is 0 Å². The second-order valence-electron chi connectivity index (χ2n) is 7.99. The van der Waals surface area contributed by atoms with Crippen molar-refractivity contribution in [1.82, 2.24) is 9.62 Å². The fraction of sp³-hybridized carbons (Fsp3) is 0.391. The summed E-state index contributed by atoms with van der Waals surface area (Å²) in [6.07, 6.45) is 1.10. The summed E-state index contributed by atoms with van der Waals surface area (Å²) in [5.41, 5.74) is 1.22. The van der Waals surface area contributed by atoms with Crippen LogP contribution in [0, 0.1) is 5.92 Å². The molecule has 11 heteroatoms. The van der Waals surface area contributed by atoms with E-state index in [1.807, 2.05) is 0 Å². The summed E-state index contributed by atoms with van der Waals surface area (Å²) < 4.78 is 32.3. The van der Waals surface area contributed by atoms with Crippen LogP contribution >= 0.6 is 23.2 Å². The first-order valence-electron chi connectivity index (χ1n) is 10.8. The average molecular weight is 528 g/mol. The van der Waals surface area contributed by atoms with Crippen molar-refractivity contribution in [3.63, 3.8) is 0 Å². The van der Waals surface area contributed by atoms with E-state index in [4.69, 9.17) is 27.9 Å². The van der Waals surface area contributed by atoms with Crippen LogP contribution < -0.4 is 10.6 Å². The Labute approximate surface area is 209 Å². The molecule has 1 atom stereocenters. The summed E-state index contributed by atoms with van der Waals surface area (Å²) in [5.74, 6) is -1.43. The normalized spacial score (nSPS) is 16.7. The van der Waals surface area contributed by atoms with Crippen molar-refractivity contribution in [2.24, 2.45) is 5.92 Å². The average Bonchev–Trinajstić information content (AvgIpc) is 2.82. The van der Waals surface area contributed by atoms with Gasteiger partial charge in [0.2, 0.25) is 15.9 Å². The first-order valence-corrected chi connectivity index (χ1v) is 13.2. The third-order valence-corrected chi connectivity index (χ3v) is 8.06. The zero-order valence-electron chi connectivity index (χ0n) is 18.7. The number of hydrogen-bond acceptors (Lipinski definition) is 5. The van der Waals surface area contributed by atoms with Crippen LogP contribution in [0.3, 0.4) is 0 Å². The van der Waals surface area contributed by atoms with Gasteiger partial charge in [-0.2, -0.15) is 0 Å². The summed E-state index contributed by atoms with van der Waals surface area (Å²) in [6.45, 7) is 1.12. The lowest BCUT2D eigenvalue weighted by molar-refractivity contribution is -0.120. The minimum Gasteiger partial charge on any atom is -0.383 e. The van der Waals surface area contributed by atoms with Crippen LogP contribution in [0.25, 0.3) is 0 Å². The number of amides is 2. The van der Waals surface area contributed by atoms with Crippen molar-refractivity contribution < 1.29 is 22.7 Å². The highest BCUT2D eigenvalue weighted by Gasteiger charge is 2.33. The van der Waals surface area contributed by atoms with E-state index in [1.165, 1.54) is 10.4 Å². The van der Waals surface area contributed by atoms with Gasteiger partial charge in [-0.1, -0.05) is 41.4 Å². The molecule has 2 aromatic carbocycles. The van der Waals surface area contributed by atoms with Crippen molar-refractivity contribution >= 4 is 50.7 Å². The second kappa shape index (κ2) is 12.0. The number of carbonyl (C=O) groups is 2. The van der Waals surface area contributed by atoms with Crippen LogP contribution in [-0.4, -0.2) is 57.9 Å². The number of anilines is 1. The monoisotopic (exact) mass is 527 g/mol. The van der Waals surface area contributed by atoms with E-state index in [9.17, 15) is 18.0 Å². The molecule has 0 aromatic heterocycles. The molecule has 2 aromatic rings. The van der Waals surface area contributed by atoms with Crippen molar-refractivity contribution in [2.75, 3.05) is 38.7 Å². The zero-order chi connectivity index (χ0) is 24.7. The minimum absolute atomic E-state index is 0.0672. The number of hydrogen-bond donors (Lipinski definition) is 2. The van der Waals surface area contributed by atoms with Gasteiger partial charge in [-0.3, -0.25) is 9.59 Å². The highest BCUT2D eigenvalue weighted by molar-refractivity contribution is 7.88. The van der Waals surface area contributed by atoms with Gasteiger partial charge >= 0.3 is 0 Å². The van der Waals surface area contributed by atoms with E-state index < -0.39 is 15.9 Å². The first-order chi connectivity index (χ1) is 16.2. The Hall–Kier alpha value is -2.17. The Balaban J connectivity index is 1.67. The smallest absolute Gasteiger partial charge is 0.253 e. The number of rotatable bonds is 9. The molecule has 1 heterocycles. The van der Waals surface area contributed by atoms with Crippen LogP contribution in [0.2, 0.25) is 10.0 Å². The Morgan fingerprint density at radius 1 is 1.15 bits per heavy atom. The number of benzene rings is 2. The predicted molar refractivity (Wildman–Crippen MR) is 133 cm³/mol. The van der Waals surface area contributed by atoms with Crippen molar-refractivity contribution in [3.8, 4) is 0 Å². The molecular formula is C23H27Cl2N3O5S. The molecule has 2 N–H and O–H groups in total. The van der Waals surface area contributed by atoms with E-state index in [0.29, 0.717) is 54.4 Å². The molecule has 1 fully saturated rings. The van der Waals surface area contributed by atoms with E-state index in [-0.39, 0.29) is 29.1 Å². The number of nitrogens with one attached hydrogen (secondary N) is 2. The van der Waals surface area contributed by atoms with Gasteiger partial charge in [0.15, 0.2) is 0 Å². The number of methoxy groups -OCH3 is 1. The molecule has 0 aliphatic carbocycles. The van der Waals surface area contributed by atoms with Crippen LogP contribution in [0.1, 0.15) is 28.8 Å². The first kappa shape index (κ1) is 26.4. The van der Waals surface area contributed by atoms with Crippen molar-refractivity contribution in [1.29, 1.82) is 0 Å². The number of piperidine rings is 1. The molecule has 1 aliphatic rings. The van der Waals surface area contributed by atoms with Crippen LogP contribution in [0.4, 0.5) is 5.69 Å². The molecule has 8 nitrogen and oxygen atoms in total. The third-order valence-electron chi connectivity index (χ3n) is 5.50. The maximum Gasteiger partial charge on any atom is 0.253 e. The maximum absolute atomic E-state index is 13.0. The molecule has 1 aliphatic heterocycles. The van der Waals surface area contributed by atoms with E-state index in [1.54, 1.807) is 43.5 Å². The molecule has 0 unspecified atom stereocenters. The van der Waals surface area contributed by atoms with Crippen LogP contribution in [-0.2, 0) is 25.3 Å². The third kappa shape index (κ3) is 6.93. The van der Waals surface area contributed by atoms with E-state index in [0.717, 1.165) is 0 Å². The standard InChI is InChI=1S/C23H27Cl2N3O5S/c1-33-12-10-26-23(30)18-6-2-3-7-21(18)27-22(29)17-5-4-11-28(14-17)34(31,32)15-16-8-9-19(24)20(25)13-16/h2-3,6-9,13,17H,4-5,10-12,14-15H2,1H3,(H,26,30)(H,27,29)/t17-/m0/s1. The molecule has 0 radical (unpaired) electrons. The highest BCUT2D eigenvalue weighted by Crippen LogP contribution is 2.27. The molecule has 0 saturated carbocycles. The van der Waals surface area contributed by atoms with E-state index in [2.05, 4.69) is 10.6 Å². The topological polar surface area (TPSA) is 105 Å². The number of halogens is 2. The molecule has 0 bridgehead atoms. The molecular weight excluding hydrogens is 501 g/mol. The second-order valence-corrected chi connectivity index (χ2v) is 10.8. The van der Waals surface area contributed by atoms with Crippen molar-refractivity contribution in [3.05, 3.63) is 63.6 Å². The predicted octanol–water partition coefficient (Wildman–Crippen LogP) is 3.55. The molecule has 184 valence electrons. The lowest BCUT2D eigenvalue weighted by atomic mass is 9.98. The quantitative estimate of drug-likeness (QED) is 0.485. The lowest BCUT2D eigenvalue weighted by Gasteiger charge is -2.31. The summed E-state index contributed by atoms with van der Waals surface area (Å²) >= 11 is 11.9. The number of nitrogens with zero attached hydrogens (tertiary/aromatic N) is 1. The molecule has 3 rings (SSSR count). The summed E-state index contributed by atoms with van der Waals surface area (Å²) in [4.78, 5) is 25.5. The van der Waals surface area contributed by atoms with E-state index >= 15 is 0 Å².